The maximum absolute atomic E-state index is 9.56. The van der Waals surface area contributed by atoms with E-state index >= 15 is 0 Å². The van der Waals surface area contributed by atoms with Gasteiger partial charge in [-0.3, -0.25) is 4.99 Å². The summed E-state index contributed by atoms with van der Waals surface area (Å²) in [5.74, 6) is 0.978. The van der Waals surface area contributed by atoms with Crippen LogP contribution < -0.4 is 0 Å². The maximum atomic E-state index is 9.56. The second-order valence-electron chi connectivity index (χ2n) is 2.89. The van der Waals surface area contributed by atoms with Crippen LogP contribution in [-0.2, 0) is 0 Å². The van der Waals surface area contributed by atoms with E-state index in [1.165, 1.54) is 0 Å². The molecule has 64 valence electrons. The molecule has 0 saturated carbocycles. The van der Waals surface area contributed by atoms with E-state index in [0.717, 1.165) is 31.8 Å². The Labute approximate surface area is 67.7 Å². The summed E-state index contributed by atoms with van der Waals surface area (Å²) in [6.45, 7) is 5.75. The zero-order chi connectivity index (χ0) is 8.27. The Hall–Kier alpha value is -0.570. The lowest BCUT2D eigenvalue weighted by atomic mass is 10.3. The van der Waals surface area contributed by atoms with Crippen molar-refractivity contribution >= 4 is 5.84 Å². The second kappa shape index (κ2) is 3.72. The smallest absolute Gasteiger partial charge is 0.127 e. The van der Waals surface area contributed by atoms with Gasteiger partial charge in [-0.25, -0.2) is 0 Å². The van der Waals surface area contributed by atoms with Crippen molar-refractivity contribution in [3.05, 3.63) is 0 Å². The number of aliphatic hydroxyl groups is 1. The molecule has 0 bridgehead atoms. The molecule has 0 aromatic carbocycles. The summed E-state index contributed by atoms with van der Waals surface area (Å²) in [6, 6.07) is 0. The van der Waals surface area contributed by atoms with Gasteiger partial charge in [-0.15, -0.1) is 0 Å². The molecule has 0 radical (unpaired) electrons. The number of hydrogen-bond donors (Lipinski definition) is 1. The Morgan fingerprint density at radius 3 is 2.91 bits per heavy atom. The quantitative estimate of drug-likeness (QED) is 0.657. The number of aliphatic imine (C=N–C) groups is 1. The summed E-state index contributed by atoms with van der Waals surface area (Å²) < 4.78 is 0. The zero-order valence-electron chi connectivity index (χ0n) is 7.25. The first kappa shape index (κ1) is 8.53. The normalized spacial score (nSPS) is 20.3. The number of hydrogen-bond acceptors (Lipinski definition) is 3. The third-order valence-electron chi connectivity index (χ3n) is 2.00. The van der Waals surface area contributed by atoms with Crippen LogP contribution in [0.4, 0.5) is 0 Å². The van der Waals surface area contributed by atoms with Crippen LogP contribution in [0.15, 0.2) is 4.99 Å². The van der Waals surface area contributed by atoms with Crippen LogP contribution in [-0.4, -0.2) is 35.2 Å². The van der Waals surface area contributed by atoms with Crippen LogP contribution in [0.25, 0.3) is 0 Å². The molecule has 1 rings (SSSR count). The maximum Gasteiger partial charge on any atom is 0.127 e. The lowest BCUT2D eigenvalue weighted by Gasteiger charge is -2.24. The van der Waals surface area contributed by atoms with Crippen molar-refractivity contribution < 1.29 is 5.11 Å². The van der Waals surface area contributed by atoms with Gasteiger partial charge in [-0.1, -0.05) is 13.3 Å². The summed E-state index contributed by atoms with van der Waals surface area (Å²) in [4.78, 5) is 6.17. The van der Waals surface area contributed by atoms with Crippen molar-refractivity contribution in [2.45, 2.75) is 32.9 Å². The van der Waals surface area contributed by atoms with Crippen LogP contribution >= 0.6 is 0 Å². The van der Waals surface area contributed by atoms with Gasteiger partial charge in [0.2, 0.25) is 0 Å². The number of aliphatic hydroxyl groups excluding tert-OH is 1. The molecule has 3 heteroatoms. The van der Waals surface area contributed by atoms with Gasteiger partial charge in [0, 0.05) is 6.54 Å². The molecule has 0 aliphatic carbocycles. The molecule has 0 amide bonds. The van der Waals surface area contributed by atoms with Gasteiger partial charge in [0.25, 0.3) is 0 Å². The summed E-state index contributed by atoms with van der Waals surface area (Å²) in [5.41, 5.74) is 0. The molecule has 0 aromatic heterocycles. The first-order valence-corrected chi connectivity index (χ1v) is 4.21. The number of amidine groups is 1. The van der Waals surface area contributed by atoms with Gasteiger partial charge in [-0.2, -0.15) is 0 Å². The monoisotopic (exact) mass is 156 g/mol. The van der Waals surface area contributed by atoms with Crippen molar-refractivity contribution in [3.63, 3.8) is 0 Å². The molecule has 0 fully saturated rings. The number of rotatable bonds is 3. The van der Waals surface area contributed by atoms with Gasteiger partial charge in [0.15, 0.2) is 0 Å². The van der Waals surface area contributed by atoms with Crippen molar-refractivity contribution in [1.82, 2.24) is 4.90 Å². The average molecular weight is 156 g/mol. The average Bonchev–Trinajstić information content (AvgIpc) is 2.36. The fourth-order valence-electron chi connectivity index (χ4n) is 1.35. The molecule has 1 heterocycles. The summed E-state index contributed by atoms with van der Waals surface area (Å²) in [7, 11) is 0. The molecule has 1 aliphatic heterocycles. The fraction of sp³-hybridized carbons (Fsp3) is 0.875. The highest BCUT2D eigenvalue weighted by atomic mass is 16.3. The largest absolute Gasteiger partial charge is 0.374 e. The van der Waals surface area contributed by atoms with E-state index in [2.05, 4.69) is 11.9 Å². The van der Waals surface area contributed by atoms with E-state index in [1.54, 1.807) is 0 Å². The minimum absolute atomic E-state index is 0.314. The Morgan fingerprint density at radius 2 is 2.45 bits per heavy atom. The van der Waals surface area contributed by atoms with E-state index < -0.39 is 0 Å². The predicted molar refractivity (Wildman–Crippen MR) is 45.6 cm³/mol. The van der Waals surface area contributed by atoms with Gasteiger partial charge >= 0.3 is 0 Å². The minimum atomic E-state index is -0.314. The first-order chi connectivity index (χ1) is 5.25. The predicted octanol–water partition coefficient (Wildman–Crippen LogP) is 0.839. The highest BCUT2D eigenvalue weighted by Gasteiger charge is 2.18. The molecule has 1 N–H and O–H groups in total. The van der Waals surface area contributed by atoms with E-state index in [0.29, 0.717) is 0 Å². The highest BCUT2D eigenvalue weighted by molar-refractivity contribution is 5.81. The molecule has 1 unspecified atom stereocenters. The molecular formula is C8H16N2O. The summed E-state index contributed by atoms with van der Waals surface area (Å²) in [6.07, 6.45) is 1.55. The van der Waals surface area contributed by atoms with Crippen molar-refractivity contribution in [1.29, 1.82) is 0 Å². The van der Waals surface area contributed by atoms with Gasteiger partial charge < -0.3 is 10.0 Å². The Morgan fingerprint density at radius 1 is 1.73 bits per heavy atom. The molecule has 11 heavy (non-hydrogen) atoms. The first-order valence-electron chi connectivity index (χ1n) is 4.21. The molecule has 1 aliphatic rings. The van der Waals surface area contributed by atoms with Crippen LogP contribution in [0.1, 0.15) is 26.7 Å². The lowest BCUT2D eigenvalue weighted by molar-refractivity contribution is 0.0518. The van der Waals surface area contributed by atoms with Crippen molar-refractivity contribution in [2.75, 3.05) is 13.1 Å². The Balaban J connectivity index is 2.41. The zero-order valence-corrected chi connectivity index (χ0v) is 7.25. The Kier molecular flexibility index (Phi) is 2.88. The summed E-state index contributed by atoms with van der Waals surface area (Å²) in [5, 5.41) is 9.56. The van der Waals surface area contributed by atoms with Crippen LogP contribution in [0.3, 0.4) is 0 Å². The fourth-order valence-corrected chi connectivity index (χ4v) is 1.35. The molecule has 0 aromatic rings. The number of nitrogens with zero attached hydrogens (tertiary/aromatic N) is 2. The van der Waals surface area contributed by atoms with E-state index in [4.69, 9.17) is 0 Å². The van der Waals surface area contributed by atoms with Gasteiger partial charge in [-0.05, 0) is 13.3 Å². The van der Waals surface area contributed by atoms with Crippen LogP contribution in [0, 0.1) is 0 Å². The third kappa shape index (κ3) is 1.93. The highest BCUT2D eigenvalue weighted by Crippen LogP contribution is 2.09. The van der Waals surface area contributed by atoms with Gasteiger partial charge in [0.1, 0.15) is 6.23 Å². The van der Waals surface area contributed by atoms with E-state index in [9.17, 15) is 5.11 Å². The van der Waals surface area contributed by atoms with Crippen molar-refractivity contribution in [2.24, 2.45) is 4.99 Å². The van der Waals surface area contributed by atoms with E-state index in [-0.39, 0.29) is 6.23 Å². The summed E-state index contributed by atoms with van der Waals surface area (Å²) >= 11 is 0. The Bertz CT molecular complexity index is 156. The van der Waals surface area contributed by atoms with Gasteiger partial charge in [0.05, 0.1) is 12.4 Å². The molecule has 0 saturated heterocycles. The lowest BCUT2D eigenvalue weighted by Crippen LogP contribution is -2.36. The third-order valence-corrected chi connectivity index (χ3v) is 2.00. The van der Waals surface area contributed by atoms with Crippen molar-refractivity contribution in [3.8, 4) is 0 Å². The van der Waals surface area contributed by atoms with Crippen LogP contribution in [0.2, 0.25) is 0 Å². The van der Waals surface area contributed by atoms with Crippen LogP contribution in [0.5, 0.6) is 0 Å². The molecule has 1 atom stereocenters. The SMILES string of the molecule is CCCC(O)N1CCN=C1C. The molecule has 3 nitrogen and oxygen atoms in total. The molecular weight excluding hydrogens is 140 g/mol. The minimum Gasteiger partial charge on any atom is -0.374 e. The standard InChI is InChI=1S/C8H16N2O/c1-3-4-8(11)10-6-5-9-7(10)2/h8,11H,3-6H2,1-2H3. The molecule has 0 spiro atoms. The topological polar surface area (TPSA) is 35.8 Å². The van der Waals surface area contributed by atoms with E-state index in [1.807, 2.05) is 11.8 Å². The second-order valence-corrected chi connectivity index (χ2v) is 2.89.